The number of ketones is 1. The molecule has 0 saturated heterocycles. The lowest BCUT2D eigenvalue weighted by atomic mass is 9.83. The van der Waals surface area contributed by atoms with Crippen LogP contribution in [0.25, 0.3) is 0 Å². The van der Waals surface area contributed by atoms with Gasteiger partial charge in [0.25, 0.3) is 0 Å². The van der Waals surface area contributed by atoms with E-state index in [1.807, 2.05) is 0 Å². The second kappa shape index (κ2) is 4.65. The van der Waals surface area contributed by atoms with Crippen molar-refractivity contribution in [3.8, 4) is 0 Å². The Morgan fingerprint density at radius 1 is 1.33 bits per heavy atom. The minimum absolute atomic E-state index is 0.179. The lowest BCUT2D eigenvalue weighted by Crippen LogP contribution is -2.22. The second-order valence-electron chi connectivity index (χ2n) is 5.66. The smallest absolute Gasteiger partial charge is 0.140 e. The molecule has 2 aliphatic rings. The molecule has 3 heteroatoms. The van der Waals surface area contributed by atoms with E-state index in [4.69, 9.17) is 11.6 Å². The van der Waals surface area contributed by atoms with E-state index in [1.165, 1.54) is 25.3 Å². The summed E-state index contributed by atoms with van der Waals surface area (Å²) in [4.78, 5) is 12.2. The van der Waals surface area contributed by atoms with Crippen molar-refractivity contribution >= 4 is 17.4 Å². The van der Waals surface area contributed by atoms with Gasteiger partial charge >= 0.3 is 0 Å². The molecular weight excluding hydrogens is 251 g/mol. The fourth-order valence-corrected chi connectivity index (χ4v) is 3.78. The first-order valence-corrected chi connectivity index (χ1v) is 6.98. The average Bonchev–Trinajstić information content (AvgIpc) is 2.94. The topological polar surface area (TPSA) is 17.1 Å². The van der Waals surface area contributed by atoms with Gasteiger partial charge in [0, 0.05) is 17.4 Å². The molecule has 2 bridgehead atoms. The summed E-state index contributed by atoms with van der Waals surface area (Å²) >= 11 is 5.71. The van der Waals surface area contributed by atoms with E-state index < -0.39 is 0 Å². The van der Waals surface area contributed by atoms with E-state index >= 15 is 0 Å². The van der Waals surface area contributed by atoms with Crippen molar-refractivity contribution in [1.82, 2.24) is 0 Å². The molecule has 0 heterocycles. The fourth-order valence-electron chi connectivity index (χ4n) is 3.62. The zero-order valence-electron chi connectivity index (χ0n) is 10.2. The van der Waals surface area contributed by atoms with Crippen LogP contribution in [0, 0.1) is 23.6 Å². The summed E-state index contributed by atoms with van der Waals surface area (Å²) in [7, 11) is 0. The van der Waals surface area contributed by atoms with Crippen molar-refractivity contribution in [2.45, 2.75) is 32.1 Å². The van der Waals surface area contributed by atoms with Crippen LogP contribution in [-0.4, -0.2) is 5.78 Å². The van der Waals surface area contributed by atoms with Crippen molar-refractivity contribution in [2.75, 3.05) is 0 Å². The lowest BCUT2D eigenvalue weighted by Gasteiger charge is -2.20. The predicted octanol–water partition coefficient (Wildman–Crippen LogP) is 4.03. The van der Waals surface area contributed by atoms with Gasteiger partial charge < -0.3 is 0 Å². The SMILES string of the molecule is O=C(Cc1ccc(Cl)cc1F)C1CC2CCC1C2. The predicted molar refractivity (Wildman–Crippen MR) is 69.1 cm³/mol. The minimum atomic E-state index is -0.362. The molecule has 18 heavy (non-hydrogen) atoms. The quantitative estimate of drug-likeness (QED) is 0.807. The van der Waals surface area contributed by atoms with E-state index in [2.05, 4.69) is 0 Å². The van der Waals surface area contributed by atoms with E-state index in [0.717, 1.165) is 12.3 Å². The normalized spacial score (nSPS) is 29.8. The second-order valence-corrected chi connectivity index (χ2v) is 6.10. The molecule has 3 atom stereocenters. The number of carbonyl (C=O) groups excluding carboxylic acids is 1. The molecule has 0 N–H and O–H groups in total. The maximum absolute atomic E-state index is 13.6. The van der Waals surface area contributed by atoms with Crippen LogP contribution in [0.3, 0.4) is 0 Å². The van der Waals surface area contributed by atoms with Crippen molar-refractivity contribution in [3.05, 3.63) is 34.6 Å². The van der Waals surface area contributed by atoms with Crippen LogP contribution < -0.4 is 0 Å². The summed E-state index contributed by atoms with van der Waals surface area (Å²) in [5, 5.41) is 0.378. The number of rotatable bonds is 3. The van der Waals surface area contributed by atoms with Gasteiger partial charge in [-0.1, -0.05) is 24.1 Å². The lowest BCUT2D eigenvalue weighted by molar-refractivity contribution is -0.123. The van der Waals surface area contributed by atoms with Crippen LogP contribution in [0.5, 0.6) is 0 Å². The van der Waals surface area contributed by atoms with Gasteiger partial charge in [0.05, 0.1) is 0 Å². The van der Waals surface area contributed by atoms with Crippen molar-refractivity contribution in [1.29, 1.82) is 0 Å². The van der Waals surface area contributed by atoms with E-state index in [0.29, 0.717) is 16.5 Å². The zero-order valence-corrected chi connectivity index (χ0v) is 10.9. The van der Waals surface area contributed by atoms with Crippen LogP contribution in [0.2, 0.25) is 5.02 Å². The Hall–Kier alpha value is -0.890. The molecule has 1 nitrogen and oxygen atoms in total. The molecule has 1 aromatic carbocycles. The standard InChI is InChI=1S/C15H16ClFO/c16-12-4-3-11(14(17)8-12)7-15(18)13-6-9-1-2-10(13)5-9/h3-4,8-10,13H,1-2,5-7H2. The zero-order chi connectivity index (χ0) is 12.7. The number of benzene rings is 1. The summed E-state index contributed by atoms with van der Waals surface area (Å²) in [5.41, 5.74) is 0.479. The van der Waals surface area contributed by atoms with Crippen LogP contribution in [-0.2, 0) is 11.2 Å². The highest BCUT2D eigenvalue weighted by atomic mass is 35.5. The third-order valence-electron chi connectivity index (χ3n) is 4.53. The highest BCUT2D eigenvalue weighted by molar-refractivity contribution is 6.30. The van der Waals surface area contributed by atoms with Gasteiger partial charge in [0.2, 0.25) is 0 Å². The molecule has 96 valence electrons. The Kier molecular flexibility index (Phi) is 3.14. The molecule has 2 fully saturated rings. The monoisotopic (exact) mass is 266 g/mol. The number of Topliss-reactive ketones (excluding diaryl/α,β-unsaturated/α-hetero) is 1. The highest BCUT2D eigenvalue weighted by Crippen LogP contribution is 2.48. The number of hydrogen-bond donors (Lipinski definition) is 0. The minimum Gasteiger partial charge on any atom is -0.299 e. The largest absolute Gasteiger partial charge is 0.299 e. The van der Waals surface area contributed by atoms with E-state index in [9.17, 15) is 9.18 Å². The van der Waals surface area contributed by atoms with Gasteiger partial charge in [-0.2, -0.15) is 0 Å². The maximum Gasteiger partial charge on any atom is 0.140 e. The number of halogens is 2. The van der Waals surface area contributed by atoms with Crippen LogP contribution in [0.4, 0.5) is 4.39 Å². The Labute approximate surface area is 111 Å². The van der Waals surface area contributed by atoms with Crippen LogP contribution >= 0.6 is 11.6 Å². The van der Waals surface area contributed by atoms with Gasteiger partial charge in [0.15, 0.2) is 0 Å². The van der Waals surface area contributed by atoms with E-state index in [1.54, 1.807) is 12.1 Å². The summed E-state index contributed by atoms with van der Waals surface area (Å²) in [6.45, 7) is 0. The van der Waals surface area contributed by atoms with Gasteiger partial charge in [-0.15, -0.1) is 0 Å². The summed E-state index contributed by atoms with van der Waals surface area (Å²) < 4.78 is 13.6. The Bertz CT molecular complexity index is 485. The maximum atomic E-state index is 13.6. The number of carbonyl (C=O) groups is 1. The summed E-state index contributed by atoms with van der Waals surface area (Å²) in [6.07, 6.45) is 4.92. The van der Waals surface area contributed by atoms with Gasteiger partial charge in [-0.25, -0.2) is 4.39 Å². The molecule has 0 aromatic heterocycles. The van der Waals surface area contributed by atoms with E-state index in [-0.39, 0.29) is 23.9 Å². The van der Waals surface area contributed by atoms with Gasteiger partial charge in [-0.3, -0.25) is 4.79 Å². The van der Waals surface area contributed by atoms with Gasteiger partial charge in [-0.05, 0) is 48.8 Å². The average molecular weight is 267 g/mol. The molecular formula is C15H16ClFO. The molecule has 3 unspecified atom stereocenters. The molecule has 1 aromatic rings. The molecule has 0 aliphatic heterocycles. The first kappa shape index (κ1) is 12.2. The molecule has 0 amide bonds. The van der Waals surface area contributed by atoms with Crippen molar-refractivity contribution < 1.29 is 9.18 Å². The summed E-state index contributed by atoms with van der Waals surface area (Å²) in [5.74, 6) is 1.35. The molecule has 2 saturated carbocycles. The summed E-state index contributed by atoms with van der Waals surface area (Å²) in [6, 6.07) is 4.56. The Morgan fingerprint density at radius 2 is 2.17 bits per heavy atom. The first-order chi connectivity index (χ1) is 8.63. The van der Waals surface area contributed by atoms with Gasteiger partial charge in [0.1, 0.15) is 11.6 Å². The fraction of sp³-hybridized carbons (Fsp3) is 0.533. The molecule has 2 aliphatic carbocycles. The van der Waals surface area contributed by atoms with Crippen LogP contribution in [0.15, 0.2) is 18.2 Å². The van der Waals surface area contributed by atoms with Crippen molar-refractivity contribution in [3.63, 3.8) is 0 Å². The third kappa shape index (κ3) is 2.18. The van der Waals surface area contributed by atoms with Crippen molar-refractivity contribution in [2.24, 2.45) is 17.8 Å². The first-order valence-electron chi connectivity index (χ1n) is 6.60. The highest BCUT2D eigenvalue weighted by Gasteiger charge is 2.42. The van der Waals surface area contributed by atoms with Crippen LogP contribution in [0.1, 0.15) is 31.2 Å². The number of hydrogen-bond acceptors (Lipinski definition) is 1. The number of fused-ring (bicyclic) bond motifs is 2. The molecule has 0 radical (unpaired) electrons. The molecule has 3 rings (SSSR count). The third-order valence-corrected chi connectivity index (χ3v) is 4.77. The Morgan fingerprint density at radius 3 is 2.78 bits per heavy atom. The molecule has 0 spiro atoms. The Balaban J connectivity index is 1.71.